The minimum Gasteiger partial charge on any atom is -0.204 e. The zero-order chi connectivity index (χ0) is 16.1. The molecule has 23 heavy (non-hydrogen) atoms. The molecule has 2 aliphatic carbocycles. The van der Waals surface area contributed by atoms with Gasteiger partial charge in [0.1, 0.15) is 0 Å². The molecule has 0 atom stereocenters. The lowest BCUT2D eigenvalue weighted by Crippen LogP contribution is -2.13. The van der Waals surface area contributed by atoms with Gasteiger partial charge in [0.05, 0.1) is 0 Å². The van der Waals surface area contributed by atoms with E-state index in [2.05, 4.69) is 0 Å². The minimum absolute atomic E-state index is 0.430. The molecule has 0 aromatic heterocycles. The summed E-state index contributed by atoms with van der Waals surface area (Å²) in [6.45, 7) is 0. The first kappa shape index (κ1) is 16.9. The van der Waals surface area contributed by atoms with Crippen molar-refractivity contribution in [1.82, 2.24) is 0 Å². The van der Waals surface area contributed by atoms with Gasteiger partial charge in [0.15, 0.2) is 11.6 Å². The molecule has 2 heteroatoms. The summed E-state index contributed by atoms with van der Waals surface area (Å²) in [6.07, 6.45) is 16.3. The lowest BCUT2D eigenvalue weighted by Gasteiger charge is -2.29. The second kappa shape index (κ2) is 8.26. The Labute approximate surface area is 139 Å². The van der Waals surface area contributed by atoms with Crippen LogP contribution in [-0.4, -0.2) is 0 Å². The van der Waals surface area contributed by atoms with Crippen molar-refractivity contribution in [3.63, 3.8) is 0 Å². The Morgan fingerprint density at radius 2 is 1.35 bits per heavy atom. The maximum atomic E-state index is 13.4. The maximum Gasteiger partial charge on any atom is 0.159 e. The number of hydrogen-bond donors (Lipinski definition) is 0. The molecular formula is C21H30F2. The number of hydrogen-bond acceptors (Lipinski definition) is 0. The Morgan fingerprint density at radius 3 is 1.96 bits per heavy atom. The van der Waals surface area contributed by atoms with Gasteiger partial charge in [0.2, 0.25) is 0 Å². The third kappa shape index (κ3) is 4.78. The second-order valence-corrected chi connectivity index (χ2v) is 7.83. The lowest BCUT2D eigenvalue weighted by molar-refractivity contribution is 0.298. The molecule has 0 radical (unpaired) electrons. The first-order chi connectivity index (χ1) is 11.2. The van der Waals surface area contributed by atoms with E-state index in [-0.39, 0.29) is 0 Å². The maximum absolute atomic E-state index is 13.4. The molecule has 2 fully saturated rings. The third-order valence-electron chi connectivity index (χ3n) is 6.21. The van der Waals surface area contributed by atoms with E-state index in [1.807, 2.05) is 0 Å². The van der Waals surface area contributed by atoms with Crippen LogP contribution in [0.5, 0.6) is 0 Å². The summed E-state index contributed by atoms with van der Waals surface area (Å²) < 4.78 is 26.4. The number of rotatable bonds is 6. The van der Waals surface area contributed by atoms with Gasteiger partial charge in [-0.15, -0.1) is 0 Å². The van der Waals surface area contributed by atoms with E-state index in [1.54, 1.807) is 6.07 Å². The average Bonchev–Trinajstić information content (AvgIpc) is 3.08. The highest BCUT2D eigenvalue weighted by molar-refractivity contribution is 5.22. The Morgan fingerprint density at radius 1 is 0.739 bits per heavy atom. The Balaban J connectivity index is 1.35. The zero-order valence-electron chi connectivity index (χ0n) is 14.2. The van der Waals surface area contributed by atoms with Crippen LogP contribution >= 0.6 is 0 Å². The highest BCUT2D eigenvalue weighted by Gasteiger charge is 2.23. The normalized spacial score (nSPS) is 25.8. The van der Waals surface area contributed by atoms with Crippen LogP contribution in [0.3, 0.4) is 0 Å². The van der Waals surface area contributed by atoms with E-state index in [0.717, 1.165) is 30.2 Å². The zero-order valence-corrected chi connectivity index (χ0v) is 14.2. The molecule has 1 aromatic carbocycles. The van der Waals surface area contributed by atoms with Crippen molar-refractivity contribution in [2.45, 2.75) is 83.0 Å². The van der Waals surface area contributed by atoms with Crippen LogP contribution in [0, 0.1) is 23.5 Å². The van der Waals surface area contributed by atoms with Crippen LogP contribution in [0.4, 0.5) is 8.78 Å². The van der Waals surface area contributed by atoms with Crippen molar-refractivity contribution < 1.29 is 8.78 Å². The quantitative estimate of drug-likeness (QED) is 0.495. The van der Waals surface area contributed by atoms with Gasteiger partial charge in [-0.2, -0.15) is 0 Å². The van der Waals surface area contributed by atoms with Gasteiger partial charge in [0, 0.05) is 0 Å². The molecule has 2 aliphatic rings. The fourth-order valence-electron chi connectivity index (χ4n) is 4.72. The molecule has 0 N–H and O–H groups in total. The lowest BCUT2D eigenvalue weighted by atomic mass is 9.77. The Bertz CT molecular complexity index is 483. The van der Waals surface area contributed by atoms with Gasteiger partial charge in [-0.25, -0.2) is 8.78 Å². The third-order valence-corrected chi connectivity index (χ3v) is 6.21. The van der Waals surface area contributed by atoms with Gasteiger partial charge in [-0.3, -0.25) is 0 Å². The van der Waals surface area contributed by atoms with Crippen molar-refractivity contribution >= 4 is 0 Å². The van der Waals surface area contributed by atoms with E-state index in [1.165, 1.54) is 76.3 Å². The van der Waals surface area contributed by atoms with Crippen LogP contribution in [0.25, 0.3) is 0 Å². The van der Waals surface area contributed by atoms with Crippen molar-refractivity contribution in [2.24, 2.45) is 11.8 Å². The predicted molar refractivity (Wildman–Crippen MR) is 91.5 cm³/mol. The van der Waals surface area contributed by atoms with Crippen LogP contribution in [-0.2, 0) is 0 Å². The summed E-state index contributed by atoms with van der Waals surface area (Å²) >= 11 is 0. The minimum atomic E-state index is -0.732. The number of halogens is 2. The van der Waals surface area contributed by atoms with E-state index >= 15 is 0 Å². The van der Waals surface area contributed by atoms with Crippen molar-refractivity contribution in [3.8, 4) is 0 Å². The molecule has 0 nitrogen and oxygen atoms in total. The summed E-state index contributed by atoms with van der Waals surface area (Å²) in [4.78, 5) is 0. The van der Waals surface area contributed by atoms with Gasteiger partial charge >= 0.3 is 0 Å². The fraction of sp³-hybridized carbons (Fsp3) is 0.714. The van der Waals surface area contributed by atoms with Crippen molar-refractivity contribution in [2.75, 3.05) is 0 Å². The van der Waals surface area contributed by atoms with E-state index < -0.39 is 11.6 Å². The van der Waals surface area contributed by atoms with Crippen molar-refractivity contribution in [3.05, 3.63) is 35.4 Å². The largest absolute Gasteiger partial charge is 0.204 e. The first-order valence-electron chi connectivity index (χ1n) is 9.67. The molecular weight excluding hydrogens is 290 g/mol. The molecule has 1 aromatic rings. The molecule has 0 aliphatic heterocycles. The molecule has 0 amide bonds. The molecule has 0 heterocycles. The SMILES string of the molecule is Fc1ccc(C2CCC(CCCCC3CCCC3)CC2)cc1F. The van der Waals surface area contributed by atoms with Crippen molar-refractivity contribution in [1.29, 1.82) is 0 Å². The molecule has 128 valence electrons. The average molecular weight is 320 g/mol. The van der Waals surface area contributed by atoms with Gasteiger partial charge in [-0.1, -0.05) is 57.4 Å². The monoisotopic (exact) mass is 320 g/mol. The number of benzene rings is 1. The fourth-order valence-corrected chi connectivity index (χ4v) is 4.72. The second-order valence-electron chi connectivity index (χ2n) is 7.83. The van der Waals surface area contributed by atoms with E-state index in [9.17, 15) is 8.78 Å². The molecule has 0 spiro atoms. The van der Waals surface area contributed by atoms with Gasteiger partial charge in [-0.05, 0) is 61.1 Å². The van der Waals surface area contributed by atoms with E-state index in [0.29, 0.717) is 5.92 Å². The summed E-state index contributed by atoms with van der Waals surface area (Å²) in [7, 11) is 0. The van der Waals surface area contributed by atoms with Crippen LogP contribution in [0.15, 0.2) is 18.2 Å². The van der Waals surface area contributed by atoms with Crippen LogP contribution < -0.4 is 0 Å². The highest BCUT2D eigenvalue weighted by atomic mass is 19.2. The van der Waals surface area contributed by atoms with E-state index in [4.69, 9.17) is 0 Å². The number of unbranched alkanes of at least 4 members (excludes halogenated alkanes) is 1. The topological polar surface area (TPSA) is 0 Å². The molecule has 0 unspecified atom stereocenters. The van der Waals surface area contributed by atoms with Crippen LogP contribution in [0.2, 0.25) is 0 Å². The standard InChI is InChI=1S/C21H30F2/c22-20-14-13-19(15-21(20)23)18-11-9-17(10-12-18)8-4-3-7-16-5-1-2-6-16/h13-18H,1-12H2. The first-order valence-corrected chi connectivity index (χ1v) is 9.67. The molecule has 0 saturated heterocycles. The summed E-state index contributed by atoms with van der Waals surface area (Å²) in [5.74, 6) is 0.889. The summed E-state index contributed by atoms with van der Waals surface area (Å²) in [6, 6.07) is 4.45. The Kier molecular flexibility index (Phi) is 6.08. The summed E-state index contributed by atoms with van der Waals surface area (Å²) in [5.41, 5.74) is 0.989. The smallest absolute Gasteiger partial charge is 0.159 e. The predicted octanol–water partition coefficient (Wildman–Crippen LogP) is 6.99. The Hall–Kier alpha value is -0.920. The van der Waals surface area contributed by atoms with Gasteiger partial charge in [0.25, 0.3) is 0 Å². The molecule has 2 saturated carbocycles. The van der Waals surface area contributed by atoms with Crippen LogP contribution in [0.1, 0.15) is 88.5 Å². The van der Waals surface area contributed by atoms with Gasteiger partial charge < -0.3 is 0 Å². The molecule has 3 rings (SSSR count). The molecule has 0 bridgehead atoms. The summed E-state index contributed by atoms with van der Waals surface area (Å²) in [5, 5.41) is 0. The highest BCUT2D eigenvalue weighted by Crippen LogP contribution is 2.38.